The number of rotatable bonds is 15. The van der Waals surface area contributed by atoms with Crippen molar-refractivity contribution in [2.75, 3.05) is 0 Å². The van der Waals surface area contributed by atoms with Crippen molar-refractivity contribution in [3.63, 3.8) is 0 Å². The van der Waals surface area contributed by atoms with Gasteiger partial charge >= 0.3 is 14.8 Å². The van der Waals surface area contributed by atoms with Gasteiger partial charge in [-0.25, -0.2) is 29.9 Å². The smallest absolute Gasteiger partial charge is 0.399 e. The Kier molecular flexibility index (Phi) is 19.0. The maximum Gasteiger partial charge on any atom is 0.755 e. The molecule has 3 aliphatic heterocycles. The van der Waals surface area contributed by atoms with Gasteiger partial charge in [0.25, 0.3) is 0 Å². The Labute approximate surface area is 726 Å². The van der Waals surface area contributed by atoms with Crippen molar-refractivity contribution in [1.29, 1.82) is 0 Å². The highest BCUT2D eigenvalue weighted by molar-refractivity contribution is 6.56. The SMILES string of the molecule is CC1=CC(C)=N/C1=C(/c1cc(-c2ccc3ccccc3n2)cc(-c2ccc3ccccc3n2)c1)c1c(C)cc(C)[n]1[Al]([n]1c(C)cc(C)c1/C(=C1\N=C(C)C=C1C)c1cc(-c2ccc3ccccc3n2)cc(-c2ccc3ccccc3n2)c1)[n]1c(C)cc(C)c1/C(=C1\N=C(C)C=C1C)c1cc(-c2ccc3ccccc3n2)cc(-c2ccc3ccccc3n2)c1. The highest BCUT2D eigenvalue weighted by Crippen LogP contribution is 2.48. The van der Waals surface area contributed by atoms with Crippen molar-refractivity contribution in [1.82, 2.24) is 40.6 Å². The molecule has 0 unspecified atom stereocenters. The minimum Gasteiger partial charge on any atom is -0.399 e. The van der Waals surface area contributed by atoms with Crippen LogP contribution < -0.4 is 0 Å². The van der Waals surface area contributed by atoms with Crippen LogP contribution in [0, 0.1) is 41.5 Å². The number of allylic oxidation sites excluding steroid dienone is 6. The molecule has 12 heterocycles. The molecule has 0 saturated heterocycles. The van der Waals surface area contributed by atoms with E-state index in [0.717, 1.165) is 268 Å². The summed E-state index contributed by atoms with van der Waals surface area (Å²) in [6.07, 6.45) is 6.70. The zero-order chi connectivity index (χ0) is 84.4. The summed E-state index contributed by atoms with van der Waals surface area (Å²) >= 11 is -3.49. The molecule has 3 aliphatic rings. The molecule has 594 valence electrons. The third kappa shape index (κ3) is 13.7. The van der Waals surface area contributed by atoms with Crippen molar-refractivity contribution >= 4 is 114 Å². The number of fused-ring (bicyclic) bond motifs is 6. The number of aliphatic imine (C=N–C) groups is 3. The van der Waals surface area contributed by atoms with Gasteiger partial charge in [0.1, 0.15) is 0 Å². The molecule has 0 atom stereocenters. The molecule has 0 bridgehead atoms. The number of aryl methyl sites for hydroxylation is 6. The molecule has 0 spiro atoms. The minimum atomic E-state index is -3.49. The fourth-order valence-electron chi connectivity index (χ4n) is 19.2. The number of aromatic nitrogens is 9. The lowest BCUT2D eigenvalue weighted by molar-refractivity contribution is 0.883. The predicted octanol–water partition coefficient (Wildman–Crippen LogP) is 26.7. The molecule has 0 fully saturated rings. The van der Waals surface area contributed by atoms with Gasteiger partial charge in [0, 0.05) is 117 Å². The van der Waals surface area contributed by atoms with Gasteiger partial charge < -0.3 is 10.7 Å². The van der Waals surface area contributed by atoms with Crippen LogP contribution in [0.2, 0.25) is 0 Å². The lowest BCUT2D eigenvalue weighted by atomic mass is 9.91. The van der Waals surface area contributed by atoms with E-state index in [1.165, 1.54) is 0 Å². The van der Waals surface area contributed by atoms with Crippen molar-refractivity contribution in [3.8, 4) is 67.5 Å². The van der Waals surface area contributed by atoms with E-state index >= 15 is 0 Å². The molecule has 9 aromatic carbocycles. The molecule has 0 aliphatic carbocycles. The standard InChI is InChI=1S/3C37H29N4.Al/c3*1-22-17-24(3)38-36(22)35(37-23(2)18-25(4)39-37)30-20-28(33-15-13-26-9-5-7-11-31(26)40-33)19-29(21-30)34-16-14-27-10-6-8-12-32(27)41-34;/h3*5-21H,1-4H3;/q3*-1;+3/b3*36-35-;. The van der Waals surface area contributed by atoms with Crippen molar-refractivity contribution < 1.29 is 0 Å². The van der Waals surface area contributed by atoms with Gasteiger partial charge in [-0.2, -0.15) is 0 Å². The zero-order valence-corrected chi connectivity index (χ0v) is 72.5. The minimum absolute atomic E-state index is 0.844. The van der Waals surface area contributed by atoms with E-state index in [2.05, 4.69) is 403 Å². The Morgan fingerprint density at radius 3 is 0.621 bits per heavy atom. The van der Waals surface area contributed by atoms with E-state index in [1.807, 2.05) is 0 Å². The summed E-state index contributed by atoms with van der Waals surface area (Å²) in [5.41, 5.74) is 40.3. The number of benzene rings is 9. The maximum absolute atomic E-state index is 5.74. The summed E-state index contributed by atoms with van der Waals surface area (Å²) < 4.78 is 8.28. The van der Waals surface area contributed by atoms with E-state index in [-0.39, 0.29) is 0 Å². The molecule has 21 rings (SSSR count). The molecule has 0 radical (unpaired) electrons. The van der Waals surface area contributed by atoms with Gasteiger partial charge in [-0.15, -0.1) is 0 Å². The second-order valence-corrected chi connectivity index (χ2v) is 35.8. The molecular weight excluding hydrogens is 1530 g/mol. The Hall–Kier alpha value is -14.7. The molecule has 0 N–H and O–H groups in total. The lowest BCUT2D eigenvalue weighted by Gasteiger charge is -2.30. The highest BCUT2D eigenvalue weighted by atomic mass is 27.2. The second kappa shape index (κ2) is 30.8. The van der Waals surface area contributed by atoms with Crippen molar-refractivity contribution in [2.45, 2.75) is 83.1 Å². The molecule has 9 aromatic heterocycles. The first-order valence-electron chi connectivity index (χ1n) is 42.5. The van der Waals surface area contributed by atoms with E-state index in [9.17, 15) is 0 Å². The molecule has 13 heteroatoms. The summed E-state index contributed by atoms with van der Waals surface area (Å²) in [5, 5.41) is 6.40. The van der Waals surface area contributed by atoms with Crippen LogP contribution in [0.15, 0.2) is 358 Å². The Morgan fingerprint density at radius 1 is 0.226 bits per heavy atom. The number of hydrogen-bond donors (Lipinski definition) is 0. The first-order chi connectivity index (χ1) is 60.3. The summed E-state index contributed by atoms with van der Waals surface area (Å²) in [4.78, 5) is 50.2. The Bertz CT molecular complexity index is 6920. The third-order valence-electron chi connectivity index (χ3n) is 24.7. The topological polar surface area (TPSA) is 129 Å². The largest absolute Gasteiger partial charge is 0.755 e. The molecule has 0 amide bonds. The van der Waals surface area contributed by atoms with Crippen LogP contribution in [0.1, 0.15) is 109 Å². The first kappa shape index (κ1) is 76.6. The predicted molar refractivity (Wildman–Crippen MR) is 516 cm³/mol. The van der Waals surface area contributed by atoms with Gasteiger partial charge in [-0.3, -0.25) is 15.0 Å². The van der Waals surface area contributed by atoms with E-state index in [0.29, 0.717) is 0 Å². The average molecular weight is 1620 g/mol. The van der Waals surface area contributed by atoms with E-state index in [1.54, 1.807) is 0 Å². The molecule has 18 aromatic rings. The van der Waals surface area contributed by atoms with Crippen LogP contribution in [0.3, 0.4) is 0 Å². The van der Waals surface area contributed by atoms with Gasteiger partial charge in [0.2, 0.25) is 0 Å². The Balaban J connectivity index is 0.891. The summed E-state index contributed by atoms with van der Waals surface area (Å²) in [6.45, 7) is 26.9. The normalized spacial score (nSPS) is 14.7. The molecule has 12 nitrogen and oxygen atoms in total. The fraction of sp³-hybridized carbons (Fsp3) is 0.108. The van der Waals surface area contributed by atoms with Crippen molar-refractivity contribution in [2.24, 2.45) is 15.0 Å². The van der Waals surface area contributed by atoms with E-state index < -0.39 is 14.8 Å². The van der Waals surface area contributed by atoms with Gasteiger partial charge in [0.05, 0.1) is 84.4 Å². The highest BCUT2D eigenvalue weighted by Gasteiger charge is 2.45. The first-order valence-corrected chi connectivity index (χ1v) is 44.0. The van der Waals surface area contributed by atoms with Crippen molar-refractivity contribution in [3.05, 3.63) is 411 Å². The zero-order valence-electron chi connectivity index (χ0n) is 71.4. The fourth-order valence-corrected chi connectivity index (χ4v) is 22.9. The molecular formula is C111H87AlN12. The Morgan fingerprint density at radius 2 is 0.427 bits per heavy atom. The summed E-state index contributed by atoms with van der Waals surface area (Å²) in [7, 11) is 0. The maximum atomic E-state index is 5.74. The number of hydrogen-bond acceptors (Lipinski definition) is 9. The van der Waals surface area contributed by atoms with E-state index in [4.69, 9.17) is 44.9 Å². The van der Waals surface area contributed by atoms with Crippen LogP contribution in [-0.2, 0) is 0 Å². The summed E-state index contributed by atoms with van der Waals surface area (Å²) in [5.74, 6) is 0. The van der Waals surface area contributed by atoms with Crippen LogP contribution in [0.5, 0.6) is 0 Å². The van der Waals surface area contributed by atoms with Crippen LogP contribution in [-0.4, -0.2) is 72.5 Å². The molecule has 0 saturated carbocycles. The monoisotopic (exact) mass is 1610 g/mol. The van der Waals surface area contributed by atoms with Gasteiger partial charge in [-0.1, -0.05) is 146 Å². The molecule has 124 heavy (non-hydrogen) atoms. The quantitative estimate of drug-likeness (QED) is 0.0940. The van der Waals surface area contributed by atoms with Gasteiger partial charge in [0.15, 0.2) is 0 Å². The number of nitrogens with zero attached hydrogens (tertiary/aromatic N) is 12. The average Bonchev–Trinajstić information content (AvgIpc) is 1.55. The third-order valence-corrected chi connectivity index (χ3v) is 28.0. The number of para-hydroxylation sites is 6. The summed E-state index contributed by atoms with van der Waals surface area (Å²) in [6, 6.07) is 105. The van der Waals surface area contributed by atoms with Crippen LogP contribution in [0.25, 0.3) is 150 Å². The van der Waals surface area contributed by atoms with Crippen LogP contribution in [0.4, 0.5) is 0 Å². The number of pyridine rings is 6. The van der Waals surface area contributed by atoms with Crippen LogP contribution >= 0.6 is 0 Å². The second-order valence-electron chi connectivity index (χ2n) is 33.6. The van der Waals surface area contributed by atoms with Gasteiger partial charge in [-0.05, 0) is 314 Å². The lowest BCUT2D eigenvalue weighted by Crippen LogP contribution is -2.46.